The van der Waals surface area contributed by atoms with Crippen molar-refractivity contribution in [3.63, 3.8) is 0 Å². The Morgan fingerprint density at radius 1 is 1.18 bits per heavy atom. The van der Waals surface area contributed by atoms with Crippen LogP contribution in [0.25, 0.3) is 0 Å². The Morgan fingerprint density at radius 3 is 2.95 bits per heavy atom. The molecule has 0 bridgehead atoms. The first-order valence-corrected chi connectivity index (χ1v) is 8.45. The lowest BCUT2D eigenvalue weighted by Crippen LogP contribution is -2.54. The van der Waals surface area contributed by atoms with Crippen molar-refractivity contribution in [3.8, 4) is 5.75 Å². The lowest BCUT2D eigenvalue weighted by Gasteiger charge is -2.39. The average molecular weight is 302 g/mol. The van der Waals surface area contributed by atoms with Crippen LogP contribution in [0.15, 0.2) is 24.3 Å². The van der Waals surface area contributed by atoms with E-state index in [1.165, 1.54) is 18.4 Å². The summed E-state index contributed by atoms with van der Waals surface area (Å²) in [4.78, 5) is 14.4. The Bertz CT molecular complexity index is 518. The molecule has 1 amide bonds. The van der Waals surface area contributed by atoms with E-state index < -0.39 is 0 Å². The van der Waals surface area contributed by atoms with Gasteiger partial charge in [0.25, 0.3) is 5.91 Å². The van der Waals surface area contributed by atoms with Crippen LogP contribution in [0.1, 0.15) is 37.7 Å². The van der Waals surface area contributed by atoms with Crippen molar-refractivity contribution in [1.82, 2.24) is 10.2 Å². The molecule has 1 aromatic rings. The molecule has 0 aromatic heterocycles. The highest BCUT2D eigenvalue weighted by Gasteiger charge is 2.30. The number of aryl methyl sites for hydroxylation is 1. The maximum atomic E-state index is 12.5. The number of hydrogen-bond donors (Lipinski definition) is 1. The van der Waals surface area contributed by atoms with E-state index in [4.69, 9.17) is 4.74 Å². The van der Waals surface area contributed by atoms with Gasteiger partial charge in [-0.1, -0.05) is 24.6 Å². The third-order valence-electron chi connectivity index (χ3n) is 4.97. The zero-order valence-electron chi connectivity index (χ0n) is 13.4. The molecule has 3 rings (SSSR count). The van der Waals surface area contributed by atoms with Gasteiger partial charge < -0.3 is 15.0 Å². The lowest BCUT2D eigenvalue weighted by molar-refractivity contribution is -0.135. The fourth-order valence-corrected chi connectivity index (χ4v) is 3.65. The minimum atomic E-state index is 0.0778. The summed E-state index contributed by atoms with van der Waals surface area (Å²) in [6.45, 7) is 1.21. The Hall–Kier alpha value is -1.55. The summed E-state index contributed by atoms with van der Waals surface area (Å²) in [5.74, 6) is 0.942. The molecule has 4 heteroatoms. The SMILES string of the molecule is CN1C(=O)COc2ccccc2CCCC[C@H]2NCCC[C@H]21. The molecule has 1 N–H and O–H groups in total. The van der Waals surface area contributed by atoms with Gasteiger partial charge >= 0.3 is 0 Å². The maximum Gasteiger partial charge on any atom is 0.260 e. The molecule has 0 saturated carbocycles. The first-order chi connectivity index (χ1) is 10.8. The van der Waals surface area contributed by atoms with Crippen LogP contribution in [-0.4, -0.2) is 43.1 Å². The van der Waals surface area contributed by atoms with Gasteiger partial charge in [0.2, 0.25) is 0 Å². The topological polar surface area (TPSA) is 41.6 Å². The van der Waals surface area contributed by atoms with Gasteiger partial charge in [-0.25, -0.2) is 0 Å². The van der Waals surface area contributed by atoms with Crippen LogP contribution in [-0.2, 0) is 11.2 Å². The highest BCUT2D eigenvalue weighted by Crippen LogP contribution is 2.24. The molecule has 1 aromatic carbocycles. The van der Waals surface area contributed by atoms with Crippen LogP contribution in [0.2, 0.25) is 0 Å². The third-order valence-corrected chi connectivity index (χ3v) is 4.97. The highest BCUT2D eigenvalue weighted by molar-refractivity contribution is 5.78. The van der Waals surface area contributed by atoms with E-state index in [1.54, 1.807) is 0 Å². The van der Waals surface area contributed by atoms with Gasteiger partial charge in [-0.2, -0.15) is 0 Å². The van der Waals surface area contributed by atoms with Gasteiger partial charge in [-0.15, -0.1) is 0 Å². The largest absolute Gasteiger partial charge is 0.483 e. The number of para-hydroxylation sites is 1. The molecule has 22 heavy (non-hydrogen) atoms. The zero-order valence-corrected chi connectivity index (χ0v) is 13.4. The number of nitrogens with zero attached hydrogens (tertiary/aromatic N) is 1. The maximum absolute atomic E-state index is 12.5. The number of hydrogen-bond acceptors (Lipinski definition) is 3. The minimum absolute atomic E-state index is 0.0778. The van der Waals surface area contributed by atoms with Crippen molar-refractivity contribution in [2.45, 2.75) is 50.6 Å². The number of carbonyl (C=O) groups is 1. The number of rotatable bonds is 0. The first kappa shape index (κ1) is 15.3. The molecule has 1 fully saturated rings. The number of carbonyl (C=O) groups excluding carboxylic acids is 1. The molecule has 0 radical (unpaired) electrons. The standard InChI is InChI=1S/C18H26N2O2/c1-20-16-10-6-12-19-15(16)9-4-2-7-14-8-3-5-11-17(14)22-13-18(20)21/h3,5,8,11,15-16,19H,2,4,6-7,9-10,12-13H2,1H3/t15-,16-/m1/s1. The molecule has 2 heterocycles. The third kappa shape index (κ3) is 3.43. The van der Waals surface area contributed by atoms with Crippen LogP contribution >= 0.6 is 0 Å². The zero-order chi connectivity index (χ0) is 15.4. The number of fused-ring (bicyclic) bond motifs is 2. The van der Waals surface area contributed by atoms with E-state index in [-0.39, 0.29) is 12.5 Å². The molecule has 2 aliphatic rings. The minimum Gasteiger partial charge on any atom is -0.483 e. The van der Waals surface area contributed by atoms with Gasteiger partial charge in [0.15, 0.2) is 6.61 Å². The summed E-state index contributed by atoms with van der Waals surface area (Å²) < 4.78 is 5.81. The van der Waals surface area contributed by atoms with Crippen LogP contribution < -0.4 is 10.1 Å². The Morgan fingerprint density at radius 2 is 2.05 bits per heavy atom. The van der Waals surface area contributed by atoms with Crippen LogP contribution in [0.4, 0.5) is 0 Å². The Balaban J connectivity index is 1.78. The second-order valence-electron chi connectivity index (χ2n) is 6.42. The fraction of sp³-hybridized carbons (Fsp3) is 0.611. The van der Waals surface area contributed by atoms with Crippen molar-refractivity contribution in [1.29, 1.82) is 0 Å². The molecular weight excluding hydrogens is 276 g/mol. The summed E-state index contributed by atoms with van der Waals surface area (Å²) in [5.41, 5.74) is 1.21. The first-order valence-electron chi connectivity index (χ1n) is 8.45. The second-order valence-corrected chi connectivity index (χ2v) is 6.42. The van der Waals surface area contributed by atoms with Crippen molar-refractivity contribution < 1.29 is 9.53 Å². The van der Waals surface area contributed by atoms with E-state index in [9.17, 15) is 4.79 Å². The van der Waals surface area contributed by atoms with Crippen LogP contribution in [0.3, 0.4) is 0 Å². The van der Waals surface area contributed by atoms with Crippen LogP contribution in [0, 0.1) is 0 Å². The number of piperidine rings is 1. The van der Waals surface area contributed by atoms with Crippen molar-refractivity contribution in [2.24, 2.45) is 0 Å². The number of nitrogens with one attached hydrogen (secondary N) is 1. The molecule has 2 aliphatic heterocycles. The molecular formula is C18H26N2O2. The van der Waals surface area contributed by atoms with E-state index in [2.05, 4.69) is 11.4 Å². The van der Waals surface area contributed by atoms with Crippen molar-refractivity contribution in [2.75, 3.05) is 20.2 Å². The normalized spacial score (nSPS) is 27.0. The Labute approximate surface area is 132 Å². The lowest BCUT2D eigenvalue weighted by atomic mass is 9.92. The van der Waals surface area contributed by atoms with Crippen molar-refractivity contribution >= 4 is 5.91 Å². The molecule has 4 nitrogen and oxygen atoms in total. The van der Waals surface area contributed by atoms with Crippen LogP contribution in [0.5, 0.6) is 5.75 Å². The smallest absolute Gasteiger partial charge is 0.260 e. The van der Waals surface area contributed by atoms with Gasteiger partial charge in [-0.05, 0) is 50.3 Å². The monoisotopic (exact) mass is 302 g/mol. The number of ether oxygens (including phenoxy) is 1. The molecule has 120 valence electrons. The van der Waals surface area contributed by atoms with E-state index in [0.717, 1.165) is 38.0 Å². The molecule has 0 unspecified atom stereocenters. The average Bonchev–Trinajstić information content (AvgIpc) is 2.56. The van der Waals surface area contributed by atoms with Crippen molar-refractivity contribution in [3.05, 3.63) is 29.8 Å². The summed E-state index contributed by atoms with van der Waals surface area (Å²) >= 11 is 0. The summed E-state index contributed by atoms with van der Waals surface area (Å²) in [7, 11) is 1.92. The predicted molar refractivity (Wildman–Crippen MR) is 87.1 cm³/mol. The quantitative estimate of drug-likeness (QED) is 0.800. The molecule has 2 atom stereocenters. The molecule has 0 spiro atoms. The summed E-state index contributed by atoms with van der Waals surface area (Å²) in [6, 6.07) is 8.83. The van der Waals surface area contributed by atoms with E-state index >= 15 is 0 Å². The van der Waals surface area contributed by atoms with Gasteiger partial charge in [0, 0.05) is 19.1 Å². The van der Waals surface area contributed by atoms with E-state index in [0.29, 0.717) is 12.1 Å². The molecule has 1 saturated heterocycles. The highest BCUT2D eigenvalue weighted by atomic mass is 16.5. The molecule has 0 aliphatic carbocycles. The fourth-order valence-electron chi connectivity index (χ4n) is 3.65. The van der Waals surface area contributed by atoms with Gasteiger partial charge in [-0.3, -0.25) is 4.79 Å². The van der Waals surface area contributed by atoms with E-state index in [1.807, 2.05) is 30.1 Å². The Kier molecular flexibility index (Phi) is 4.98. The second kappa shape index (κ2) is 7.14. The predicted octanol–water partition coefficient (Wildman–Crippen LogP) is 2.37. The summed E-state index contributed by atoms with van der Waals surface area (Å²) in [6.07, 6.45) is 6.76. The number of benzene rings is 1. The van der Waals surface area contributed by atoms with Gasteiger partial charge in [0.1, 0.15) is 5.75 Å². The van der Waals surface area contributed by atoms with Gasteiger partial charge in [0.05, 0.1) is 0 Å². The number of amides is 1. The number of likely N-dealkylation sites (N-methyl/N-ethyl adjacent to an activating group) is 1. The summed E-state index contributed by atoms with van der Waals surface area (Å²) in [5, 5.41) is 3.61.